The van der Waals surface area contributed by atoms with Gasteiger partial charge in [0.05, 0.1) is 5.69 Å². The third-order valence-electron chi connectivity index (χ3n) is 8.40. The molecule has 192 valence electrons. The van der Waals surface area contributed by atoms with Crippen LogP contribution in [0.3, 0.4) is 0 Å². The number of hydrogen-bond acceptors (Lipinski definition) is 4. The minimum atomic E-state index is -0.856. The van der Waals surface area contributed by atoms with Gasteiger partial charge >= 0.3 is 6.09 Å². The van der Waals surface area contributed by atoms with Crippen LogP contribution in [0.2, 0.25) is 0 Å². The van der Waals surface area contributed by atoms with Gasteiger partial charge in [-0.25, -0.2) is 4.79 Å². The van der Waals surface area contributed by atoms with Gasteiger partial charge in [-0.15, -0.1) is 0 Å². The zero-order valence-corrected chi connectivity index (χ0v) is 21.1. The van der Waals surface area contributed by atoms with E-state index in [9.17, 15) is 9.90 Å². The maximum atomic E-state index is 12.5. The van der Waals surface area contributed by atoms with E-state index in [0.717, 1.165) is 55.2 Å². The molecule has 1 N–H and O–H groups in total. The van der Waals surface area contributed by atoms with Crippen molar-refractivity contribution in [3.63, 3.8) is 0 Å². The minimum Gasteiger partial charge on any atom is -0.465 e. The highest BCUT2D eigenvalue weighted by Gasteiger charge is 2.43. The van der Waals surface area contributed by atoms with Gasteiger partial charge in [0.1, 0.15) is 0 Å². The highest BCUT2D eigenvalue weighted by molar-refractivity contribution is 5.87. The number of anilines is 1. The summed E-state index contributed by atoms with van der Waals surface area (Å²) < 4.78 is 11.0. The molecule has 2 atom stereocenters. The van der Waals surface area contributed by atoms with Crippen LogP contribution in [0.5, 0.6) is 11.5 Å². The van der Waals surface area contributed by atoms with Gasteiger partial charge in [-0.3, -0.25) is 4.90 Å². The Morgan fingerprint density at radius 3 is 2.41 bits per heavy atom. The summed E-state index contributed by atoms with van der Waals surface area (Å²) in [6, 6.07) is 24.5. The molecule has 2 aliphatic heterocycles. The lowest BCUT2D eigenvalue weighted by Crippen LogP contribution is -2.47. The number of carbonyl (C=O) groups is 1. The standard InChI is InChI=1S/C31H34N2O4/c34-31(35)33(28-9-5-4-8-24(28)16-22-6-2-1-3-7-22)20-27-25-11-12-26(27)19-32(18-25)15-14-23-10-13-29-30(17-23)37-21-36-29/h1-10,13,17,25-27H,11-12,14-16,18-21H2,(H,34,35). The fourth-order valence-corrected chi connectivity index (χ4v) is 6.53. The van der Waals surface area contributed by atoms with E-state index in [1.54, 1.807) is 4.90 Å². The molecule has 1 saturated carbocycles. The number of likely N-dealkylation sites (tertiary alicyclic amines) is 1. The second-order valence-electron chi connectivity index (χ2n) is 10.6. The molecule has 0 spiro atoms. The number of hydrogen-bond donors (Lipinski definition) is 1. The van der Waals surface area contributed by atoms with Crippen LogP contribution in [-0.2, 0) is 12.8 Å². The Kier molecular flexibility index (Phi) is 6.75. The van der Waals surface area contributed by atoms with Gasteiger partial charge in [0.25, 0.3) is 0 Å². The Bertz CT molecular complexity index is 1230. The van der Waals surface area contributed by atoms with Crippen molar-refractivity contribution in [1.29, 1.82) is 0 Å². The minimum absolute atomic E-state index is 0.305. The monoisotopic (exact) mass is 498 g/mol. The molecule has 37 heavy (non-hydrogen) atoms. The average Bonchev–Trinajstić information content (AvgIpc) is 3.47. The third-order valence-corrected chi connectivity index (χ3v) is 8.40. The van der Waals surface area contributed by atoms with E-state index in [1.807, 2.05) is 42.5 Å². The predicted octanol–water partition coefficient (Wildman–Crippen LogP) is 5.69. The molecule has 2 heterocycles. The molecule has 3 aromatic rings. The number of ether oxygens (including phenoxy) is 2. The fraction of sp³-hybridized carbons (Fsp3) is 0.387. The van der Waals surface area contributed by atoms with E-state index in [1.165, 1.54) is 24.0 Å². The van der Waals surface area contributed by atoms with E-state index in [0.29, 0.717) is 31.1 Å². The van der Waals surface area contributed by atoms with Crippen molar-refractivity contribution in [1.82, 2.24) is 4.90 Å². The van der Waals surface area contributed by atoms with E-state index in [4.69, 9.17) is 9.47 Å². The molecule has 0 radical (unpaired) electrons. The summed E-state index contributed by atoms with van der Waals surface area (Å²) in [6.45, 7) is 3.99. The van der Waals surface area contributed by atoms with E-state index >= 15 is 0 Å². The van der Waals surface area contributed by atoms with Crippen molar-refractivity contribution in [2.45, 2.75) is 25.7 Å². The molecule has 1 amide bonds. The van der Waals surface area contributed by atoms with E-state index < -0.39 is 6.09 Å². The number of benzene rings is 3. The van der Waals surface area contributed by atoms with Crippen molar-refractivity contribution in [3.05, 3.63) is 89.5 Å². The van der Waals surface area contributed by atoms with Gasteiger partial charge in [-0.1, -0.05) is 54.6 Å². The molecule has 1 aliphatic carbocycles. The molecule has 3 aromatic carbocycles. The Morgan fingerprint density at radius 2 is 1.62 bits per heavy atom. The molecule has 0 aromatic heterocycles. The summed E-state index contributed by atoms with van der Waals surface area (Å²) in [5.74, 6) is 3.16. The van der Waals surface area contributed by atoms with Crippen LogP contribution in [0.4, 0.5) is 10.5 Å². The fourth-order valence-electron chi connectivity index (χ4n) is 6.53. The third kappa shape index (κ3) is 5.16. The molecular formula is C31H34N2O4. The van der Waals surface area contributed by atoms with Gasteiger partial charge in [0.2, 0.25) is 6.79 Å². The largest absolute Gasteiger partial charge is 0.465 e. The molecule has 6 rings (SSSR count). The smallest absolute Gasteiger partial charge is 0.411 e. The van der Waals surface area contributed by atoms with Crippen LogP contribution in [0, 0.1) is 17.8 Å². The lowest BCUT2D eigenvalue weighted by Gasteiger charge is -2.40. The first-order chi connectivity index (χ1) is 18.1. The van der Waals surface area contributed by atoms with Gasteiger partial charge in [0.15, 0.2) is 11.5 Å². The maximum Gasteiger partial charge on any atom is 0.411 e. The molecule has 6 heteroatoms. The lowest BCUT2D eigenvalue weighted by atomic mass is 9.84. The first-order valence-electron chi connectivity index (χ1n) is 13.4. The molecule has 2 fully saturated rings. The zero-order valence-electron chi connectivity index (χ0n) is 21.1. The quantitative estimate of drug-likeness (QED) is 0.432. The summed E-state index contributed by atoms with van der Waals surface area (Å²) >= 11 is 0. The van der Waals surface area contributed by atoms with Crippen LogP contribution < -0.4 is 14.4 Å². The van der Waals surface area contributed by atoms with Gasteiger partial charge in [-0.05, 0) is 78.3 Å². The van der Waals surface area contributed by atoms with Crippen LogP contribution in [-0.4, -0.2) is 49.1 Å². The molecule has 2 unspecified atom stereocenters. The molecule has 6 nitrogen and oxygen atoms in total. The van der Waals surface area contributed by atoms with Crippen molar-refractivity contribution < 1.29 is 19.4 Å². The number of carboxylic acid groups (broad SMARTS) is 1. The maximum absolute atomic E-state index is 12.5. The highest BCUT2D eigenvalue weighted by atomic mass is 16.7. The van der Waals surface area contributed by atoms with Crippen LogP contribution in [0.1, 0.15) is 29.5 Å². The van der Waals surface area contributed by atoms with E-state index in [-0.39, 0.29) is 0 Å². The molecule has 3 aliphatic rings. The van der Waals surface area contributed by atoms with Crippen molar-refractivity contribution in [3.8, 4) is 11.5 Å². The number of para-hydroxylation sites is 1. The Labute approximate surface area is 218 Å². The van der Waals surface area contributed by atoms with Crippen LogP contribution >= 0.6 is 0 Å². The SMILES string of the molecule is O=C(O)N(CC1C2CCC1CN(CCc1ccc3c(c1)OCO3)C2)c1ccccc1Cc1ccccc1. The summed E-state index contributed by atoms with van der Waals surface area (Å²) in [5.41, 5.74) is 4.34. The van der Waals surface area contributed by atoms with E-state index in [2.05, 4.69) is 35.2 Å². The second-order valence-corrected chi connectivity index (χ2v) is 10.6. The molecular weight excluding hydrogens is 464 g/mol. The summed E-state index contributed by atoms with van der Waals surface area (Å²) in [7, 11) is 0. The first-order valence-corrected chi connectivity index (χ1v) is 13.4. The lowest BCUT2D eigenvalue weighted by molar-refractivity contribution is 0.112. The average molecular weight is 499 g/mol. The highest BCUT2D eigenvalue weighted by Crippen LogP contribution is 2.43. The summed E-state index contributed by atoms with van der Waals surface area (Å²) in [6.07, 6.45) is 3.23. The van der Waals surface area contributed by atoms with Gasteiger partial charge in [-0.2, -0.15) is 0 Å². The number of piperidine rings is 1. The van der Waals surface area contributed by atoms with Crippen molar-refractivity contribution in [2.24, 2.45) is 17.8 Å². The first kappa shape index (κ1) is 23.9. The Balaban J connectivity index is 1.12. The zero-order chi connectivity index (χ0) is 25.2. The number of fused-ring (bicyclic) bond motifs is 3. The Hall–Kier alpha value is -3.51. The number of rotatable bonds is 8. The number of amides is 1. The van der Waals surface area contributed by atoms with Crippen LogP contribution in [0.15, 0.2) is 72.8 Å². The predicted molar refractivity (Wildman–Crippen MR) is 143 cm³/mol. The Morgan fingerprint density at radius 1 is 0.892 bits per heavy atom. The normalized spacial score (nSPS) is 22.2. The van der Waals surface area contributed by atoms with Gasteiger partial charge in [0, 0.05) is 26.2 Å². The van der Waals surface area contributed by atoms with Crippen LogP contribution in [0.25, 0.3) is 0 Å². The summed E-state index contributed by atoms with van der Waals surface area (Å²) in [4.78, 5) is 16.7. The second kappa shape index (κ2) is 10.5. The van der Waals surface area contributed by atoms with Crippen molar-refractivity contribution >= 4 is 11.8 Å². The number of nitrogens with zero attached hydrogens (tertiary/aromatic N) is 2. The summed E-state index contributed by atoms with van der Waals surface area (Å²) in [5, 5.41) is 10.3. The topological polar surface area (TPSA) is 62.2 Å². The van der Waals surface area contributed by atoms with Gasteiger partial charge < -0.3 is 19.5 Å². The molecule has 2 bridgehead atoms. The van der Waals surface area contributed by atoms with Crippen molar-refractivity contribution in [2.75, 3.05) is 37.9 Å². The molecule has 1 saturated heterocycles.